The van der Waals surface area contributed by atoms with Crippen LogP contribution < -0.4 is 9.47 Å². The zero-order valence-electron chi connectivity index (χ0n) is 17.2. The number of piperazine rings is 1. The van der Waals surface area contributed by atoms with E-state index >= 15 is 0 Å². The highest BCUT2D eigenvalue weighted by molar-refractivity contribution is 5.78. The number of para-hydroxylation sites is 2. The summed E-state index contributed by atoms with van der Waals surface area (Å²) in [5, 5.41) is 0. The third-order valence-corrected chi connectivity index (χ3v) is 5.96. The number of aromatic nitrogens is 2. The SMILES string of the molecule is Cc1nc2ccccc2n1CCC(=O)N1CCN(Cc2ccc3c(c2)OCO3)CC1. The summed E-state index contributed by atoms with van der Waals surface area (Å²) in [4.78, 5) is 21.7. The molecule has 0 saturated carbocycles. The first-order valence-electron chi connectivity index (χ1n) is 10.5. The molecular weight excluding hydrogens is 380 g/mol. The highest BCUT2D eigenvalue weighted by Crippen LogP contribution is 2.32. The van der Waals surface area contributed by atoms with Gasteiger partial charge in [0.15, 0.2) is 11.5 Å². The highest BCUT2D eigenvalue weighted by Gasteiger charge is 2.22. The quantitative estimate of drug-likeness (QED) is 0.652. The zero-order valence-corrected chi connectivity index (χ0v) is 17.2. The number of carbonyl (C=O) groups is 1. The van der Waals surface area contributed by atoms with Crippen LogP contribution in [0.5, 0.6) is 11.5 Å². The Kier molecular flexibility index (Phi) is 5.04. The number of nitrogens with zero attached hydrogens (tertiary/aromatic N) is 4. The van der Waals surface area contributed by atoms with E-state index in [1.807, 2.05) is 36.1 Å². The van der Waals surface area contributed by atoms with Gasteiger partial charge in [0.1, 0.15) is 5.82 Å². The van der Waals surface area contributed by atoms with Gasteiger partial charge < -0.3 is 18.9 Å². The second-order valence-electron chi connectivity index (χ2n) is 7.89. The van der Waals surface area contributed by atoms with E-state index in [1.54, 1.807) is 0 Å². The number of imidazole rings is 1. The van der Waals surface area contributed by atoms with E-state index in [0.717, 1.165) is 61.1 Å². The van der Waals surface area contributed by atoms with Crippen molar-refractivity contribution in [2.24, 2.45) is 0 Å². The van der Waals surface area contributed by atoms with Gasteiger partial charge in [-0.2, -0.15) is 0 Å². The fourth-order valence-electron chi connectivity index (χ4n) is 4.30. The van der Waals surface area contributed by atoms with E-state index in [-0.39, 0.29) is 5.91 Å². The summed E-state index contributed by atoms with van der Waals surface area (Å²) < 4.78 is 13.0. The van der Waals surface area contributed by atoms with Gasteiger partial charge in [0.2, 0.25) is 12.7 Å². The van der Waals surface area contributed by atoms with Gasteiger partial charge in [0, 0.05) is 45.7 Å². The fourth-order valence-corrected chi connectivity index (χ4v) is 4.30. The van der Waals surface area contributed by atoms with Crippen molar-refractivity contribution in [1.29, 1.82) is 0 Å². The molecule has 7 heteroatoms. The molecule has 1 aromatic heterocycles. The second kappa shape index (κ2) is 7.99. The van der Waals surface area contributed by atoms with Crippen LogP contribution in [0.15, 0.2) is 42.5 Å². The number of hydrogen-bond acceptors (Lipinski definition) is 5. The van der Waals surface area contributed by atoms with Crippen molar-refractivity contribution in [1.82, 2.24) is 19.4 Å². The average molecular weight is 406 g/mol. The third kappa shape index (κ3) is 3.73. The summed E-state index contributed by atoms with van der Waals surface area (Å²) in [6.07, 6.45) is 0.503. The number of benzene rings is 2. The molecule has 0 N–H and O–H groups in total. The van der Waals surface area contributed by atoms with Crippen molar-refractivity contribution in [3.05, 3.63) is 53.9 Å². The Hall–Kier alpha value is -3.06. The summed E-state index contributed by atoms with van der Waals surface area (Å²) in [5.74, 6) is 2.81. The van der Waals surface area contributed by atoms with Gasteiger partial charge in [-0.3, -0.25) is 9.69 Å². The fraction of sp³-hybridized carbons (Fsp3) is 0.391. The number of ether oxygens (including phenoxy) is 2. The van der Waals surface area contributed by atoms with Crippen molar-refractivity contribution >= 4 is 16.9 Å². The van der Waals surface area contributed by atoms with Crippen molar-refractivity contribution in [3.8, 4) is 11.5 Å². The van der Waals surface area contributed by atoms with Crippen LogP contribution >= 0.6 is 0 Å². The van der Waals surface area contributed by atoms with Crippen LogP contribution in [0.3, 0.4) is 0 Å². The first-order valence-corrected chi connectivity index (χ1v) is 10.5. The molecule has 1 saturated heterocycles. The molecule has 2 aromatic carbocycles. The first-order chi connectivity index (χ1) is 14.7. The van der Waals surface area contributed by atoms with Crippen molar-refractivity contribution in [2.75, 3.05) is 33.0 Å². The predicted octanol–water partition coefficient (Wildman–Crippen LogP) is 2.81. The molecule has 0 unspecified atom stereocenters. The van der Waals surface area contributed by atoms with Gasteiger partial charge in [-0.15, -0.1) is 0 Å². The van der Waals surface area contributed by atoms with Crippen LogP contribution in [-0.4, -0.2) is 58.2 Å². The van der Waals surface area contributed by atoms with Gasteiger partial charge in [0.25, 0.3) is 0 Å². The van der Waals surface area contributed by atoms with Crippen LogP contribution in [0.25, 0.3) is 11.0 Å². The van der Waals surface area contributed by atoms with Crippen molar-refractivity contribution < 1.29 is 14.3 Å². The van der Waals surface area contributed by atoms with Crippen LogP contribution in [0.2, 0.25) is 0 Å². The monoisotopic (exact) mass is 406 g/mol. The third-order valence-electron chi connectivity index (χ3n) is 5.96. The van der Waals surface area contributed by atoms with Gasteiger partial charge in [0.05, 0.1) is 11.0 Å². The minimum absolute atomic E-state index is 0.218. The summed E-state index contributed by atoms with van der Waals surface area (Å²) >= 11 is 0. The van der Waals surface area contributed by atoms with Crippen LogP contribution in [0, 0.1) is 6.92 Å². The Morgan fingerprint density at radius 3 is 2.70 bits per heavy atom. The Labute approximate surface area is 175 Å². The largest absolute Gasteiger partial charge is 0.454 e. The molecule has 0 atom stereocenters. The van der Waals surface area contributed by atoms with Crippen LogP contribution in [-0.2, 0) is 17.9 Å². The second-order valence-corrected chi connectivity index (χ2v) is 7.89. The smallest absolute Gasteiger partial charge is 0.231 e. The lowest BCUT2D eigenvalue weighted by Crippen LogP contribution is -2.48. The van der Waals surface area contributed by atoms with E-state index < -0.39 is 0 Å². The Bertz CT molecular complexity index is 1070. The van der Waals surface area contributed by atoms with Gasteiger partial charge >= 0.3 is 0 Å². The minimum atomic E-state index is 0.218. The molecule has 0 aliphatic carbocycles. The van der Waals surface area contributed by atoms with Crippen molar-refractivity contribution in [3.63, 3.8) is 0 Å². The number of amides is 1. The standard InChI is InChI=1S/C23H26N4O3/c1-17-24-19-4-2-3-5-20(19)27(17)9-8-23(28)26-12-10-25(11-13-26)15-18-6-7-21-22(14-18)30-16-29-21/h2-7,14H,8-13,15-16H2,1H3. The van der Waals surface area contributed by atoms with E-state index in [9.17, 15) is 4.79 Å². The maximum atomic E-state index is 12.8. The normalized spacial score (nSPS) is 16.4. The first kappa shape index (κ1) is 18.9. The average Bonchev–Trinajstić information content (AvgIpc) is 3.35. The minimum Gasteiger partial charge on any atom is -0.454 e. The molecule has 0 radical (unpaired) electrons. The molecule has 156 valence electrons. The van der Waals surface area contributed by atoms with E-state index in [2.05, 4.69) is 32.7 Å². The summed E-state index contributed by atoms with van der Waals surface area (Å²) in [6.45, 7) is 7.13. The molecule has 3 heterocycles. The maximum Gasteiger partial charge on any atom is 0.231 e. The van der Waals surface area contributed by atoms with E-state index in [4.69, 9.17) is 9.47 Å². The van der Waals surface area contributed by atoms with Crippen molar-refractivity contribution in [2.45, 2.75) is 26.4 Å². The molecule has 3 aromatic rings. The number of fused-ring (bicyclic) bond motifs is 2. The molecule has 2 aliphatic heterocycles. The highest BCUT2D eigenvalue weighted by atomic mass is 16.7. The molecule has 1 fully saturated rings. The van der Waals surface area contributed by atoms with Gasteiger partial charge in [-0.05, 0) is 36.8 Å². The molecule has 0 spiro atoms. The molecule has 2 aliphatic rings. The molecule has 30 heavy (non-hydrogen) atoms. The lowest BCUT2D eigenvalue weighted by atomic mass is 10.1. The molecule has 0 bridgehead atoms. The van der Waals surface area contributed by atoms with Crippen LogP contribution in [0.4, 0.5) is 0 Å². The Morgan fingerprint density at radius 2 is 1.83 bits per heavy atom. The number of hydrogen-bond donors (Lipinski definition) is 0. The molecule has 5 rings (SSSR count). The van der Waals surface area contributed by atoms with Gasteiger partial charge in [-0.25, -0.2) is 4.98 Å². The van der Waals surface area contributed by atoms with Crippen LogP contribution in [0.1, 0.15) is 17.8 Å². The maximum absolute atomic E-state index is 12.8. The van der Waals surface area contributed by atoms with E-state index in [1.165, 1.54) is 5.56 Å². The Balaban J connectivity index is 1.14. The lowest BCUT2D eigenvalue weighted by Gasteiger charge is -2.35. The van der Waals surface area contributed by atoms with E-state index in [0.29, 0.717) is 19.8 Å². The topological polar surface area (TPSA) is 59.8 Å². The summed E-state index contributed by atoms with van der Waals surface area (Å²) in [7, 11) is 0. The summed E-state index contributed by atoms with van der Waals surface area (Å²) in [6, 6.07) is 14.2. The number of rotatable bonds is 5. The Morgan fingerprint density at radius 1 is 1.03 bits per heavy atom. The molecular formula is C23H26N4O3. The lowest BCUT2D eigenvalue weighted by molar-refractivity contribution is -0.133. The number of carbonyl (C=O) groups excluding carboxylic acids is 1. The summed E-state index contributed by atoms with van der Waals surface area (Å²) in [5.41, 5.74) is 3.29. The van der Waals surface area contributed by atoms with Gasteiger partial charge in [-0.1, -0.05) is 18.2 Å². The molecule has 1 amide bonds. The zero-order chi connectivity index (χ0) is 20.5. The number of aryl methyl sites for hydroxylation is 2. The predicted molar refractivity (Wildman–Crippen MR) is 114 cm³/mol. The molecule has 7 nitrogen and oxygen atoms in total.